The second kappa shape index (κ2) is 9.82. The molecule has 0 saturated heterocycles. The number of aryl methyl sites for hydroxylation is 1. The summed E-state index contributed by atoms with van der Waals surface area (Å²) in [7, 11) is 1.23. The Morgan fingerprint density at radius 3 is 2.81 bits per heavy atom. The molecule has 2 aromatic carbocycles. The molecule has 3 N–H and O–H groups in total. The Morgan fingerprint density at radius 1 is 1.24 bits per heavy atom. The Labute approximate surface area is 214 Å². The number of carbonyl (C=O) groups excluding carboxylic acids is 2. The molecule has 11 nitrogen and oxygen atoms in total. The molecular formula is C25H22N4O7S. The van der Waals surface area contributed by atoms with E-state index in [9.17, 15) is 19.5 Å². The Hall–Kier alpha value is -4.58. The lowest BCUT2D eigenvalue weighted by atomic mass is 10.0. The molecule has 2 aromatic heterocycles. The molecule has 1 aliphatic heterocycles. The highest BCUT2D eigenvalue weighted by molar-refractivity contribution is 7.14. The van der Waals surface area contributed by atoms with Crippen molar-refractivity contribution >= 4 is 28.3 Å². The van der Waals surface area contributed by atoms with E-state index in [1.807, 2.05) is 31.2 Å². The van der Waals surface area contributed by atoms with Crippen LogP contribution >= 0.6 is 11.3 Å². The number of nitrogens with zero attached hydrogens (tertiary/aromatic N) is 2. The fraction of sp³-hybridized carbons (Fsp3) is 0.200. The van der Waals surface area contributed by atoms with Gasteiger partial charge in [0.2, 0.25) is 18.6 Å². The van der Waals surface area contributed by atoms with Gasteiger partial charge in [0.15, 0.2) is 22.3 Å². The molecular weight excluding hydrogens is 500 g/mol. The van der Waals surface area contributed by atoms with Crippen LogP contribution in [-0.2, 0) is 16.0 Å². The molecule has 4 aromatic rings. The lowest BCUT2D eigenvalue weighted by molar-refractivity contribution is -0.119. The second-order valence-corrected chi connectivity index (χ2v) is 9.09. The summed E-state index contributed by atoms with van der Waals surface area (Å²) >= 11 is 1.04. The van der Waals surface area contributed by atoms with E-state index in [1.54, 1.807) is 18.2 Å². The summed E-state index contributed by atoms with van der Waals surface area (Å²) in [6.07, 6.45) is 0.111. The maximum atomic E-state index is 13.5. The average Bonchev–Trinajstić information content (AvgIpc) is 3.62. The fourth-order valence-electron chi connectivity index (χ4n) is 4.05. The van der Waals surface area contributed by atoms with Gasteiger partial charge in [0, 0.05) is 17.4 Å². The number of esters is 1. The number of methoxy groups -OCH3 is 1. The van der Waals surface area contributed by atoms with Crippen molar-refractivity contribution in [2.45, 2.75) is 19.4 Å². The molecule has 1 aliphatic rings. The predicted molar refractivity (Wildman–Crippen MR) is 134 cm³/mol. The van der Waals surface area contributed by atoms with Crippen molar-refractivity contribution in [2.24, 2.45) is 0 Å². The Morgan fingerprint density at radius 2 is 2.03 bits per heavy atom. The molecule has 0 saturated carbocycles. The van der Waals surface area contributed by atoms with Crippen LogP contribution in [0.4, 0.5) is 5.13 Å². The SMILES string of the molecule is COC(=O)c1csc(NC(=O)[C@H](Cc2ccccc2C)n2c(O)c(-c3ccc4c(c3)OCO4)[nH]c2=O)n1. The number of ether oxygens (including phenoxy) is 3. The van der Waals surface area contributed by atoms with E-state index in [0.717, 1.165) is 27.0 Å². The predicted octanol–water partition coefficient (Wildman–Crippen LogP) is 3.25. The van der Waals surface area contributed by atoms with Crippen LogP contribution in [0, 0.1) is 6.92 Å². The largest absolute Gasteiger partial charge is 0.493 e. The molecule has 5 rings (SSSR count). The highest BCUT2D eigenvalue weighted by Gasteiger charge is 2.30. The van der Waals surface area contributed by atoms with Gasteiger partial charge in [-0.2, -0.15) is 0 Å². The first kappa shape index (κ1) is 24.1. The van der Waals surface area contributed by atoms with Gasteiger partial charge in [-0.3, -0.25) is 4.79 Å². The number of nitrogens with one attached hydrogen (secondary N) is 2. The third-order valence-corrected chi connectivity index (χ3v) is 6.74. The first-order valence-electron chi connectivity index (χ1n) is 11.2. The summed E-state index contributed by atoms with van der Waals surface area (Å²) in [6.45, 7) is 1.97. The molecule has 3 heterocycles. The van der Waals surface area contributed by atoms with Gasteiger partial charge >= 0.3 is 11.7 Å². The number of H-pyrrole nitrogens is 1. The number of rotatable bonds is 7. The zero-order valence-electron chi connectivity index (χ0n) is 19.8. The monoisotopic (exact) mass is 522 g/mol. The van der Waals surface area contributed by atoms with Crippen molar-refractivity contribution in [3.63, 3.8) is 0 Å². The van der Waals surface area contributed by atoms with Crippen LogP contribution in [0.25, 0.3) is 11.3 Å². The topological polar surface area (TPSA) is 145 Å². The lowest BCUT2D eigenvalue weighted by Gasteiger charge is -2.19. The van der Waals surface area contributed by atoms with E-state index in [0.29, 0.717) is 17.1 Å². The summed E-state index contributed by atoms with van der Waals surface area (Å²) in [4.78, 5) is 45.1. The van der Waals surface area contributed by atoms with Crippen molar-refractivity contribution in [2.75, 3.05) is 19.2 Å². The quantitative estimate of drug-likeness (QED) is 0.314. The highest BCUT2D eigenvalue weighted by Crippen LogP contribution is 2.38. The first-order valence-corrected chi connectivity index (χ1v) is 12.1. The summed E-state index contributed by atoms with van der Waals surface area (Å²) < 4.78 is 16.4. The Kier molecular flexibility index (Phi) is 6.40. The van der Waals surface area contributed by atoms with Crippen LogP contribution in [0.2, 0.25) is 0 Å². The van der Waals surface area contributed by atoms with Gasteiger partial charge in [0.25, 0.3) is 0 Å². The number of imidazole rings is 1. The van der Waals surface area contributed by atoms with Gasteiger partial charge in [-0.15, -0.1) is 11.3 Å². The number of thiazole rings is 1. The summed E-state index contributed by atoms with van der Waals surface area (Å²) in [5, 5.41) is 15.4. The third kappa shape index (κ3) is 4.66. The van der Waals surface area contributed by atoms with Crippen molar-refractivity contribution in [3.05, 3.63) is 75.1 Å². The molecule has 1 amide bonds. The molecule has 0 aliphatic carbocycles. The normalized spacial score (nSPS) is 12.8. The van der Waals surface area contributed by atoms with Crippen LogP contribution in [0.15, 0.2) is 52.6 Å². The Bertz CT molecular complexity index is 1550. The maximum absolute atomic E-state index is 13.5. The van der Waals surface area contributed by atoms with Crippen LogP contribution in [-0.4, -0.2) is 45.4 Å². The number of fused-ring (bicyclic) bond motifs is 1. The first-order chi connectivity index (χ1) is 17.9. The number of hydrogen-bond acceptors (Lipinski definition) is 9. The van der Waals surface area contributed by atoms with Gasteiger partial charge in [0.05, 0.1) is 7.11 Å². The van der Waals surface area contributed by atoms with E-state index < -0.39 is 29.5 Å². The zero-order chi connectivity index (χ0) is 26.1. The Balaban J connectivity index is 1.53. The molecule has 0 spiro atoms. The second-order valence-electron chi connectivity index (χ2n) is 8.23. The highest BCUT2D eigenvalue weighted by atomic mass is 32.1. The number of aromatic amines is 1. The van der Waals surface area contributed by atoms with Crippen LogP contribution in [0.1, 0.15) is 27.7 Å². The standard InChI is InChI=1S/C25H22N4O7S/c1-13-5-3-4-6-14(13)9-17(21(30)28-24-26-16(11-37-24)23(32)34-2)29-22(31)20(27-25(29)33)15-7-8-18-19(10-15)36-12-35-18/h3-8,10-11,17,31H,9,12H2,1-2H3,(H,27,33)(H,26,28,30)/t17-/m0/s1. The van der Waals surface area contributed by atoms with Crippen LogP contribution in [0.5, 0.6) is 17.4 Å². The minimum atomic E-state index is -1.14. The van der Waals surface area contributed by atoms with Gasteiger partial charge < -0.3 is 29.6 Å². The zero-order valence-corrected chi connectivity index (χ0v) is 20.6. The van der Waals surface area contributed by atoms with Gasteiger partial charge in [-0.1, -0.05) is 24.3 Å². The van der Waals surface area contributed by atoms with Crippen LogP contribution < -0.4 is 20.5 Å². The lowest BCUT2D eigenvalue weighted by Crippen LogP contribution is -2.33. The molecule has 0 bridgehead atoms. The number of anilines is 1. The molecule has 0 unspecified atom stereocenters. The molecule has 0 fully saturated rings. The average molecular weight is 523 g/mol. The third-order valence-electron chi connectivity index (χ3n) is 5.98. The summed E-state index contributed by atoms with van der Waals surface area (Å²) in [6, 6.07) is 11.3. The molecule has 12 heteroatoms. The van der Waals surface area contributed by atoms with Crippen molar-refractivity contribution in [1.29, 1.82) is 0 Å². The fourth-order valence-corrected chi connectivity index (χ4v) is 4.73. The van der Waals surface area contributed by atoms with E-state index in [1.165, 1.54) is 12.5 Å². The summed E-state index contributed by atoms with van der Waals surface area (Å²) in [5.74, 6) is -0.614. The molecule has 0 radical (unpaired) electrons. The smallest absolute Gasteiger partial charge is 0.357 e. The van der Waals surface area contributed by atoms with E-state index in [2.05, 4.69) is 20.0 Å². The van der Waals surface area contributed by atoms with Crippen molar-refractivity contribution < 1.29 is 28.9 Å². The number of aromatic nitrogens is 3. The van der Waals surface area contributed by atoms with Gasteiger partial charge in [-0.25, -0.2) is 19.1 Å². The van der Waals surface area contributed by atoms with E-state index in [4.69, 9.17) is 9.47 Å². The van der Waals surface area contributed by atoms with Gasteiger partial charge in [-0.05, 0) is 36.2 Å². The number of benzene rings is 2. The number of amides is 1. The van der Waals surface area contributed by atoms with Gasteiger partial charge in [0.1, 0.15) is 11.7 Å². The molecule has 1 atom stereocenters. The number of carbonyl (C=O) groups is 2. The summed E-state index contributed by atoms with van der Waals surface area (Å²) in [5.41, 5.74) is 1.72. The number of aromatic hydroxyl groups is 1. The van der Waals surface area contributed by atoms with E-state index in [-0.39, 0.29) is 29.7 Å². The van der Waals surface area contributed by atoms with Crippen molar-refractivity contribution in [3.8, 4) is 28.6 Å². The molecule has 37 heavy (non-hydrogen) atoms. The molecule has 190 valence electrons. The van der Waals surface area contributed by atoms with E-state index >= 15 is 0 Å². The maximum Gasteiger partial charge on any atom is 0.357 e. The van der Waals surface area contributed by atoms with Crippen LogP contribution in [0.3, 0.4) is 0 Å². The minimum Gasteiger partial charge on any atom is -0.493 e. The number of hydrogen-bond donors (Lipinski definition) is 3. The minimum absolute atomic E-state index is 0.0463. The van der Waals surface area contributed by atoms with Crippen molar-refractivity contribution in [1.82, 2.24) is 14.5 Å².